The molecule has 1 aliphatic carbocycles. The molecular formula is C16H21NO2S. The highest BCUT2D eigenvalue weighted by atomic mass is 32.1. The minimum atomic E-state index is -0.123. The Morgan fingerprint density at radius 2 is 2.20 bits per heavy atom. The maximum Gasteiger partial charge on any atom is 0.223 e. The fraction of sp³-hybridized carbons (Fsp3) is 0.562. The Hall–Kier alpha value is -1.31. The second-order valence-corrected chi connectivity index (χ2v) is 6.43. The van der Waals surface area contributed by atoms with Gasteiger partial charge in [0.05, 0.1) is 6.54 Å². The van der Waals surface area contributed by atoms with Crippen molar-refractivity contribution in [3.8, 4) is 11.8 Å². The van der Waals surface area contributed by atoms with Crippen molar-refractivity contribution in [2.24, 2.45) is 11.8 Å². The molecule has 0 saturated heterocycles. The predicted octanol–water partition coefficient (Wildman–Crippen LogP) is 2.53. The first-order chi connectivity index (χ1) is 9.69. The minimum absolute atomic E-state index is 0.123. The van der Waals surface area contributed by atoms with E-state index in [0.717, 1.165) is 42.0 Å². The van der Waals surface area contributed by atoms with Gasteiger partial charge < -0.3 is 10.4 Å². The molecule has 0 aromatic carbocycles. The zero-order valence-corrected chi connectivity index (χ0v) is 12.6. The lowest BCUT2D eigenvalue weighted by atomic mass is 9.82. The van der Waals surface area contributed by atoms with E-state index in [4.69, 9.17) is 5.11 Å². The molecule has 1 amide bonds. The van der Waals surface area contributed by atoms with Crippen molar-refractivity contribution in [1.82, 2.24) is 5.32 Å². The van der Waals surface area contributed by atoms with Gasteiger partial charge in [0.1, 0.15) is 6.61 Å². The molecule has 3 nitrogen and oxygen atoms in total. The number of aliphatic hydroxyl groups excluding tert-OH is 1. The van der Waals surface area contributed by atoms with Crippen molar-refractivity contribution in [3.63, 3.8) is 0 Å². The van der Waals surface area contributed by atoms with Gasteiger partial charge in [0.15, 0.2) is 0 Å². The first-order valence-electron chi connectivity index (χ1n) is 7.14. The van der Waals surface area contributed by atoms with E-state index in [1.165, 1.54) is 0 Å². The van der Waals surface area contributed by atoms with Crippen LogP contribution in [0.5, 0.6) is 0 Å². The van der Waals surface area contributed by atoms with Crippen molar-refractivity contribution in [1.29, 1.82) is 0 Å². The molecule has 0 aliphatic heterocycles. The summed E-state index contributed by atoms with van der Waals surface area (Å²) in [4.78, 5) is 13.2. The van der Waals surface area contributed by atoms with E-state index in [-0.39, 0.29) is 18.4 Å². The van der Waals surface area contributed by atoms with Gasteiger partial charge in [0.25, 0.3) is 0 Å². The zero-order chi connectivity index (χ0) is 14.4. The SMILES string of the molecule is CC1CCC(C(=O)NCc2cc(C#CCO)cs2)CC1. The number of hydrogen-bond donors (Lipinski definition) is 2. The molecular weight excluding hydrogens is 270 g/mol. The second kappa shape index (κ2) is 7.47. The van der Waals surface area contributed by atoms with Gasteiger partial charge in [-0.3, -0.25) is 4.79 Å². The average Bonchev–Trinajstić information content (AvgIpc) is 2.91. The van der Waals surface area contributed by atoms with Crippen LogP contribution in [0.3, 0.4) is 0 Å². The summed E-state index contributed by atoms with van der Waals surface area (Å²) in [5.74, 6) is 6.64. The van der Waals surface area contributed by atoms with E-state index >= 15 is 0 Å². The summed E-state index contributed by atoms with van der Waals surface area (Å²) in [6.45, 7) is 2.72. The maximum absolute atomic E-state index is 12.1. The molecule has 1 aromatic rings. The first kappa shape index (κ1) is 15.1. The summed E-state index contributed by atoms with van der Waals surface area (Å²) in [5, 5.41) is 13.6. The molecule has 2 N–H and O–H groups in total. The minimum Gasteiger partial charge on any atom is -0.384 e. The van der Waals surface area contributed by atoms with Crippen molar-refractivity contribution in [2.75, 3.05) is 6.61 Å². The smallest absolute Gasteiger partial charge is 0.223 e. The Morgan fingerprint density at radius 3 is 2.90 bits per heavy atom. The molecule has 1 saturated carbocycles. The lowest BCUT2D eigenvalue weighted by Crippen LogP contribution is -2.32. The lowest BCUT2D eigenvalue weighted by Gasteiger charge is -2.25. The van der Waals surface area contributed by atoms with Crippen LogP contribution in [0.2, 0.25) is 0 Å². The average molecular weight is 291 g/mol. The third-order valence-electron chi connectivity index (χ3n) is 3.79. The summed E-state index contributed by atoms with van der Waals surface area (Å²) in [6.07, 6.45) is 4.37. The number of carbonyl (C=O) groups excluding carboxylic acids is 1. The number of thiophene rings is 1. The molecule has 0 atom stereocenters. The van der Waals surface area contributed by atoms with Crippen LogP contribution in [-0.4, -0.2) is 17.6 Å². The highest BCUT2D eigenvalue weighted by Crippen LogP contribution is 2.28. The van der Waals surface area contributed by atoms with E-state index in [0.29, 0.717) is 6.54 Å². The highest BCUT2D eigenvalue weighted by Gasteiger charge is 2.23. The molecule has 1 aromatic heterocycles. The second-order valence-electron chi connectivity index (χ2n) is 5.44. The maximum atomic E-state index is 12.1. The van der Waals surface area contributed by atoms with E-state index in [1.807, 2.05) is 11.4 Å². The molecule has 0 spiro atoms. The Bertz CT molecular complexity index is 504. The molecule has 4 heteroatoms. The van der Waals surface area contributed by atoms with Gasteiger partial charge >= 0.3 is 0 Å². The number of hydrogen-bond acceptors (Lipinski definition) is 3. The molecule has 0 bridgehead atoms. The Morgan fingerprint density at radius 1 is 1.45 bits per heavy atom. The summed E-state index contributed by atoms with van der Waals surface area (Å²) in [7, 11) is 0. The fourth-order valence-corrected chi connectivity index (χ4v) is 3.28. The van der Waals surface area contributed by atoms with Crippen molar-refractivity contribution >= 4 is 17.2 Å². The van der Waals surface area contributed by atoms with Gasteiger partial charge in [-0.1, -0.05) is 18.8 Å². The topological polar surface area (TPSA) is 49.3 Å². The van der Waals surface area contributed by atoms with Gasteiger partial charge in [0.2, 0.25) is 5.91 Å². The van der Waals surface area contributed by atoms with Gasteiger partial charge in [-0.05, 0) is 37.7 Å². The van der Waals surface area contributed by atoms with E-state index in [1.54, 1.807) is 11.3 Å². The Kier molecular flexibility index (Phi) is 5.63. The molecule has 1 fully saturated rings. The van der Waals surface area contributed by atoms with E-state index < -0.39 is 0 Å². The summed E-state index contributed by atoms with van der Waals surface area (Å²) in [6, 6.07) is 1.97. The van der Waals surface area contributed by atoms with Crippen molar-refractivity contribution in [3.05, 3.63) is 21.9 Å². The van der Waals surface area contributed by atoms with E-state index in [2.05, 4.69) is 24.1 Å². The Labute approximate surface area is 124 Å². The quantitative estimate of drug-likeness (QED) is 0.841. The lowest BCUT2D eigenvalue weighted by molar-refractivity contribution is -0.126. The molecule has 0 unspecified atom stereocenters. The molecule has 0 radical (unpaired) electrons. The van der Waals surface area contributed by atoms with E-state index in [9.17, 15) is 4.79 Å². The number of nitrogens with one attached hydrogen (secondary N) is 1. The molecule has 20 heavy (non-hydrogen) atoms. The zero-order valence-electron chi connectivity index (χ0n) is 11.8. The third kappa shape index (κ3) is 4.36. The van der Waals surface area contributed by atoms with Gasteiger partial charge in [-0.15, -0.1) is 11.3 Å². The molecule has 1 aliphatic rings. The monoisotopic (exact) mass is 291 g/mol. The van der Waals surface area contributed by atoms with Crippen LogP contribution in [0, 0.1) is 23.7 Å². The summed E-state index contributed by atoms with van der Waals surface area (Å²) in [5.41, 5.74) is 0.903. The van der Waals surface area contributed by atoms with Crippen LogP contribution >= 0.6 is 11.3 Å². The number of aliphatic hydroxyl groups is 1. The normalized spacial score (nSPS) is 21.9. The largest absolute Gasteiger partial charge is 0.384 e. The van der Waals surface area contributed by atoms with Crippen LogP contribution in [0.15, 0.2) is 11.4 Å². The van der Waals surface area contributed by atoms with Crippen LogP contribution in [0.1, 0.15) is 43.0 Å². The number of rotatable bonds is 3. The van der Waals surface area contributed by atoms with Gasteiger partial charge in [0, 0.05) is 21.7 Å². The van der Waals surface area contributed by atoms with Crippen molar-refractivity contribution in [2.45, 2.75) is 39.2 Å². The number of carbonyl (C=O) groups is 1. The summed E-state index contributed by atoms with van der Waals surface area (Å²) < 4.78 is 0. The number of amides is 1. The van der Waals surface area contributed by atoms with Gasteiger partial charge in [-0.2, -0.15) is 0 Å². The molecule has 108 valence electrons. The predicted molar refractivity (Wildman–Crippen MR) is 81.3 cm³/mol. The highest BCUT2D eigenvalue weighted by molar-refractivity contribution is 7.10. The summed E-state index contributed by atoms with van der Waals surface area (Å²) >= 11 is 1.59. The molecule has 1 heterocycles. The fourth-order valence-electron chi connectivity index (χ4n) is 2.52. The van der Waals surface area contributed by atoms with Crippen LogP contribution in [0.25, 0.3) is 0 Å². The van der Waals surface area contributed by atoms with Crippen LogP contribution in [-0.2, 0) is 11.3 Å². The van der Waals surface area contributed by atoms with Gasteiger partial charge in [-0.25, -0.2) is 0 Å². The third-order valence-corrected chi connectivity index (χ3v) is 4.73. The standard InChI is InChI=1S/C16H21NO2S/c1-12-4-6-14(7-5-12)16(19)17-10-15-9-13(11-20-15)3-2-8-18/h9,11-12,14,18H,4-8,10H2,1H3,(H,17,19). The van der Waals surface area contributed by atoms with Crippen LogP contribution in [0.4, 0.5) is 0 Å². The first-order valence-corrected chi connectivity index (χ1v) is 8.02. The van der Waals surface area contributed by atoms with Crippen molar-refractivity contribution < 1.29 is 9.90 Å². The molecule has 2 rings (SSSR count). The van der Waals surface area contributed by atoms with Crippen LogP contribution < -0.4 is 5.32 Å². The Balaban J connectivity index is 1.79.